The van der Waals surface area contributed by atoms with E-state index >= 15 is 0 Å². The maximum atomic E-state index is 13.8. The Morgan fingerprint density at radius 3 is 2.21 bits per heavy atom. The quantitative estimate of drug-likeness (QED) is 0.556. The first-order valence-corrected chi connectivity index (χ1v) is 12.4. The van der Waals surface area contributed by atoms with Gasteiger partial charge in [0, 0.05) is 43.0 Å². The molecule has 178 valence electrons. The van der Waals surface area contributed by atoms with Gasteiger partial charge in [-0.05, 0) is 51.3 Å². The molecule has 0 atom stereocenters. The third-order valence-corrected chi connectivity index (χ3v) is 7.72. The van der Waals surface area contributed by atoms with Crippen LogP contribution in [-0.2, 0) is 10.2 Å². The largest absolute Gasteiger partial charge is 0.353 e. The van der Waals surface area contributed by atoms with Crippen LogP contribution in [0.1, 0.15) is 48.5 Å². The summed E-state index contributed by atoms with van der Waals surface area (Å²) in [7, 11) is 0. The Bertz CT molecular complexity index is 1190. The molecule has 1 aliphatic carbocycles. The molecule has 0 N–H and O–H groups in total. The van der Waals surface area contributed by atoms with E-state index in [2.05, 4.69) is 19.8 Å². The van der Waals surface area contributed by atoms with Crippen molar-refractivity contribution in [3.63, 3.8) is 0 Å². The van der Waals surface area contributed by atoms with Gasteiger partial charge in [0.1, 0.15) is 23.8 Å². The van der Waals surface area contributed by atoms with E-state index in [1.807, 2.05) is 62.0 Å². The average Bonchev–Trinajstić information content (AvgIpc) is 3.47. The van der Waals surface area contributed by atoms with Crippen LogP contribution in [0.25, 0.3) is 5.82 Å². The molecule has 1 amide bonds. The van der Waals surface area contributed by atoms with Gasteiger partial charge < -0.3 is 9.80 Å². The number of hydrogen-bond acceptors (Lipinski definition) is 5. The van der Waals surface area contributed by atoms with E-state index in [4.69, 9.17) is 16.6 Å². The van der Waals surface area contributed by atoms with Crippen molar-refractivity contribution in [2.45, 2.75) is 51.9 Å². The molecule has 1 saturated heterocycles. The lowest BCUT2D eigenvalue weighted by Gasteiger charge is -2.40. The number of carbonyl (C=O) groups excluding carboxylic acids is 1. The van der Waals surface area contributed by atoms with Crippen LogP contribution in [0.4, 0.5) is 5.82 Å². The molecule has 1 saturated carbocycles. The second-order valence-corrected chi connectivity index (χ2v) is 9.93. The summed E-state index contributed by atoms with van der Waals surface area (Å²) in [5, 5.41) is 0.707. The zero-order chi connectivity index (χ0) is 23.9. The van der Waals surface area contributed by atoms with Crippen molar-refractivity contribution in [3.8, 4) is 5.82 Å². The maximum absolute atomic E-state index is 13.8. The average molecular weight is 479 g/mol. The molecule has 8 heteroatoms. The van der Waals surface area contributed by atoms with Crippen molar-refractivity contribution in [1.82, 2.24) is 24.4 Å². The summed E-state index contributed by atoms with van der Waals surface area (Å²) in [6.45, 7) is 8.84. The smallest absolute Gasteiger partial charge is 0.233 e. The predicted molar refractivity (Wildman–Crippen MR) is 134 cm³/mol. The van der Waals surface area contributed by atoms with Gasteiger partial charge in [0.15, 0.2) is 0 Å². The first-order chi connectivity index (χ1) is 16.4. The fourth-order valence-corrected chi connectivity index (χ4v) is 5.49. The van der Waals surface area contributed by atoms with Crippen molar-refractivity contribution < 1.29 is 4.79 Å². The number of aryl methyl sites for hydroxylation is 2. The van der Waals surface area contributed by atoms with Crippen LogP contribution in [0.3, 0.4) is 0 Å². The first kappa shape index (κ1) is 22.8. The van der Waals surface area contributed by atoms with E-state index in [0.717, 1.165) is 73.2 Å². The lowest BCUT2D eigenvalue weighted by atomic mass is 9.77. The van der Waals surface area contributed by atoms with Gasteiger partial charge in [-0.1, -0.05) is 36.6 Å². The lowest BCUT2D eigenvalue weighted by Crippen LogP contribution is -2.54. The molecule has 2 aliphatic rings. The van der Waals surface area contributed by atoms with Crippen LogP contribution in [0.5, 0.6) is 0 Å². The van der Waals surface area contributed by atoms with Crippen molar-refractivity contribution in [2.75, 3.05) is 31.1 Å². The fourth-order valence-electron chi connectivity index (χ4n) is 5.37. The molecule has 34 heavy (non-hydrogen) atoms. The molecule has 0 spiro atoms. The van der Waals surface area contributed by atoms with E-state index < -0.39 is 5.41 Å². The minimum atomic E-state index is -0.414. The van der Waals surface area contributed by atoms with Crippen LogP contribution >= 0.6 is 11.6 Å². The fraction of sp³-hybridized carbons (Fsp3) is 0.462. The van der Waals surface area contributed by atoms with E-state index in [1.54, 1.807) is 0 Å². The van der Waals surface area contributed by atoms with Crippen LogP contribution in [0.2, 0.25) is 5.02 Å². The molecule has 5 rings (SSSR count). The molecule has 2 aromatic heterocycles. The third kappa shape index (κ3) is 4.06. The second kappa shape index (κ2) is 9.02. The van der Waals surface area contributed by atoms with Gasteiger partial charge in [0.05, 0.1) is 11.1 Å². The number of amides is 1. The molecule has 3 aromatic rings. The van der Waals surface area contributed by atoms with Crippen molar-refractivity contribution >= 4 is 23.3 Å². The highest BCUT2D eigenvalue weighted by molar-refractivity contribution is 6.30. The van der Waals surface area contributed by atoms with E-state index in [9.17, 15) is 4.79 Å². The molecule has 1 aromatic carbocycles. The van der Waals surface area contributed by atoms with Gasteiger partial charge >= 0.3 is 0 Å². The normalized spacial score (nSPS) is 17.9. The minimum Gasteiger partial charge on any atom is -0.353 e. The number of aromatic nitrogens is 4. The summed E-state index contributed by atoms with van der Waals surface area (Å²) in [6, 6.07) is 9.89. The molecule has 3 heterocycles. The number of imidazole rings is 1. The van der Waals surface area contributed by atoms with Crippen LogP contribution < -0.4 is 4.90 Å². The number of rotatable bonds is 4. The molecule has 0 unspecified atom stereocenters. The van der Waals surface area contributed by atoms with E-state index in [0.29, 0.717) is 18.1 Å². The Kier molecular flexibility index (Phi) is 6.06. The Balaban J connectivity index is 1.33. The molecule has 1 aliphatic heterocycles. The summed E-state index contributed by atoms with van der Waals surface area (Å²) in [5.41, 5.74) is 2.75. The van der Waals surface area contributed by atoms with E-state index in [1.165, 1.54) is 0 Å². The molecule has 2 fully saturated rings. The SMILES string of the molecule is Cc1nc(N2CCN(C(=O)C3(c4ccc(Cl)cc4)CCCC3)CC2)cc(-n2cnc(C)c2C)n1. The highest BCUT2D eigenvalue weighted by Crippen LogP contribution is 2.43. The summed E-state index contributed by atoms with van der Waals surface area (Å²) in [6.07, 6.45) is 5.80. The molecular weight excluding hydrogens is 448 g/mol. The van der Waals surface area contributed by atoms with Crippen molar-refractivity contribution in [1.29, 1.82) is 0 Å². The Morgan fingerprint density at radius 2 is 1.59 bits per heavy atom. The highest BCUT2D eigenvalue weighted by Gasteiger charge is 2.45. The first-order valence-electron chi connectivity index (χ1n) is 12.0. The van der Waals surface area contributed by atoms with Crippen LogP contribution in [-0.4, -0.2) is 56.5 Å². The molecular formula is C26H31ClN6O. The van der Waals surface area contributed by atoms with Gasteiger partial charge in [-0.2, -0.15) is 0 Å². The standard InChI is InChI=1S/C26H31ClN6O/c1-18-19(2)33(17-28-18)24-16-23(29-20(3)30-24)31-12-14-32(15-13-31)25(34)26(10-4-5-11-26)21-6-8-22(27)9-7-21/h6-9,16-17H,4-5,10-15H2,1-3H3. The van der Waals surface area contributed by atoms with Gasteiger partial charge in [0.25, 0.3) is 0 Å². The van der Waals surface area contributed by atoms with Crippen LogP contribution in [0, 0.1) is 20.8 Å². The number of nitrogens with zero attached hydrogens (tertiary/aromatic N) is 6. The van der Waals surface area contributed by atoms with Gasteiger partial charge in [-0.15, -0.1) is 0 Å². The summed E-state index contributed by atoms with van der Waals surface area (Å²) in [4.78, 5) is 31.9. The topological polar surface area (TPSA) is 67.2 Å². The van der Waals surface area contributed by atoms with Gasteiger partial charge in [-0.25, -0.2) is 15.0 Å². The molecule has 7 nitrogen and oxygen atoms in total. The number of hydrogen-bond donors (Lipinski definition) is 0. The maximum Gasteiger partial charge on any atom is 0.233 e. The monoisotopic (exact) mass is 478 g/mol. The van der Waals surface area contributed by atoms with E-state index in [-0.39, 0.29) is 5.91 Å². The summed E-state index contributed by atoms with van der Waals surface area (Å²) < 4.78 is 2.00. The number of piperazine rings is 1. The number of carbonyl (C=O) groups is 1. The third-order valence-electron chi connectivity index (χ3n) is 7.46. The zero-order valence-electron chi connectivity index (χ0n) is 20.1. The Hall–Kier alpha value is -2.93. The number of halogens is 1. The lowest BCUT2D eigenvalue weighted by molar-refractivity contribution is -0.137. The Morgan fingerprint density at radius 1 is 0.941 bits per heavy atom. The summed E-state index contributed by atoms with van der Waals surface area (Å²) in [5.74, 6) is 2.71. The molecule has 0 radical (unpaired) electrons. The number of anilines is 1. The Labute approximate surface area is 205 Å². The zero-order valence-corrected chi connectivity index (χ0v) is 20.8. The summed E-state index contributed by atoms with van der Waals surface area (Å²) >= 11 is 6.12. The molecule has 0 bridgehead atoms. The van der Waals surface area contributed by atoms with Gasteiger partial charge in [0.2, 0.25) is 5.91 Å². The highest BCUT2D eigenvalue weighted by atomic mass is 35.5. The second-order valence-electron chi connectivity index (χ2n) is 9.49. The number of benzene rings is 1. The van der Waals surface area contributed by atoms with Crippen LogP contribution in [0.15, 0.2) is 36.7 Å². The predicted octanol–water partition coefficient (Wildman–Crippen LogP) is 4.40. The van der Waals surface area contributed by atoms with Crippen molar-refractivity contribution in [2.24, 2.45) is 0 Å². The van der Waals surface area contributed by atoms with Crippen molar-refractivity contribution in [3.05, 3.63) is 64.5 Å². The minimum absolute atomic E-state index is 0.260. The van der Waals surface area contributed by atoms with Gasteiger partial charge in [-0.3, -0.25) is 9.36 Å².